The number of benzene rings is 1. The molecule has 0 spiro atoms. The first-order valence-electron chi connectivity index (χ1n) is 11.3. The number of aryl methyl sites for hydroxylation is 1. The number of rotatable bonds is 9. The zero-order chi connectivity index (χ0) is 21.2. The van der Waals surface area contributed by atoms with Crippen LogP contribution in [0.2, 0.25) is 0 Å². The molecule has 6 heteroatoms. The Morgan fingerprint density at radius 1 is 1.17 bits per heavy atom. The van der Waals surface area contributed by atoms with E-state index in [0.717, 1.165) is 62.5 Å². The predicted octanol–water partition coefficient (Wildman–Crippen LogP) is 4.08. The fourth-order valence-corrected chi connectivity index (χ4v) is 4.17. The first-order valence-corrected chi connectivity index (χ1v) is 11.3. The van der Waals surface area contributed by atoms with Gasteiger partial charge < -0.3 is 20.2 Å². The van der Waals surface area contributed by atoms with Crippen LogP contribution in [-0.4, -0.2) is 42.3 Å². The number of aliphatic hydroxyl groups excluding tert-OH is 1. The minimum atomic E-state index is 0.157. The first kappa shape index (κ1) is 22.3. The van der Waals surface area contributed by atoms with Gasteiger partial charge in [0.2, 0.25) is 5.89 Å². The molecule has 0 radical (unpaired) electrons. The Hall–Kier alpha value is -2.34. The van der Waals surface area contributed by atoms with Gasteiger partial charge in [-0.05, 0) is 50.7 Å². The monoisotopic (exact) mass is 412 g/mol. The van der Waals surface area contributed by atoms with E-state index in [1.54, 1.807) is 6.26 Å². The Morgan fingerprint density at radius 2 is 1.93 bits per heavy atom. The summed E-state index contributed by atoms with van der Waals surface area (Å²) < 4.78 is 5.65. The van der Waals surface area contributed by atoms with Crippen LogP contribution >= 0.6 is 0 Å². The number of nitrogens with zero attached hydrogens (tertiary/aromatic N) is 2. The van der Waals surface area contributed by atoms with Crippen molar-refractivity contribution in [3.05, 3.63) is 41.8 Å². The molecular formula is C24H36N4O2. The standard InChI is InChI=1S/C24H36N4O2/c1-3-25-23(27-18-24(14-16-29)12-5-4-6-13-24)26-15-11-21-17-30-22(28-21)20-9-7-19(2)8-10-20/h7-10,17,29H,3-6,11-16,18H2,1-2H3,(H2,25,26,27). The molecule has 0 bridgehead atoms. The van der Waals surface area contributed by atoms with Gasteiger partial charge in [0.15, 0.2) is 5.96 Å². The third-order valence-electron chi connectivity index (χ3n) is 6.00. The summed E-state index contributed by atoms with van der Waals surface area (Å²) in [5.74, 6) is 1.50. The highest BCUT2D eigenvalue weighted by molar-refractivity contribution is 5.79. The molecule has 0 amide bonds. The van der Waals surface area contributed by atoms with Crippen molar-refractivity contribution in [3.8, 4) is 11.5 Å². The lowest BCUT2D eigenvalue weighted by Crippen LogP contribution is -2.40. The molecular weight excluding hydrogens is 376 g/mol. The van der Waals surface area contributed by atoms with E-state index in [2.05, 4.69) is 41.6 Å². The third kappa shape index (κ3) is 6.33. The first-order chi connectivity index (χ1) is 14.6. The maximum Gasteiger partial charge on any atom is 0.226 e. The van der Waals surface area contributed by atoms with Gasteiger partial charge in [0.1, 0.15) is 6.26 Å². The number of guanidine groups is 1. The highest BCUT2D eigenvalue weighted by Crippen LogP contribution is 2.39. The smallest absolute Gasteiger partial charge is 0.226 e. The van der Waals surface area contributed by atoms with Crippen molar-refractivity contribution in [1.29, 1.82) is 0 Å². The molecule has 1 aromatic heterocycles. The fourth-order valence-electron chi connectivity index (χ4n) is 4.17. The molecule has 1 saturated carbocycles. The van der Waals surface area contributed by atoms with E-state index in [0.29, 0.717) is 5.89 Å². The van der Waals surface area contributed by atoms with Crippen LogP contribution in [0.1, 0.15) is 56.7 Å². The molecule has 2 aromatic rings. The van der Waals surface area contributed by atoms with E-state index in [1.165, 1.54) is 24.8 Å². The molecule has 0 saturated heterocycles. The SMILES string of the molecule is CCNC(=NCC1(CCO)CCCCC1)NCCc1coc(-c2ccc(C)cc2)n1. The summed E-state index contributed by atoms with van der Waals surface area (Å²) in [6.45, 7) is 6.71. The number of aliphatic hydroxyl groups is 1. The average Bonchev–Trinajstić information content (AvgIpc) is 3.22. The topological polar surface area (TPSA) is 82.7 Å². The lowest BCUT2D eigenvalue weighted by molar-refractivity contribution is 0.137. The van der Waals surface area contributed by atoms with Crippen molar-refractivity contribution in [3.63, 3.8) is 0 Å². The maximum atomic E-state index is 9.52. The van der Waals surface area contributed by atoms with Crippen LogP contribution in [0, 0.1) is 12.3 Å². The Labute approximate surface area is 180 Å². The number of aromatic nitrogens is 1. The summed E-state index contributed by atoms with van der Waals surface area (Å²) in [6, 6.07) is 8.20. The van der Waals surface area contributed by atoms with Gasteiger partial charge in [-0.15, -0.1) is 0 Å². The van der Waals surface area contributed by atoms with E-state index in [9.17, 15) is 5.11 Å². The molecule has 6 nitrogen and oxygen atoms in total. The summed E-state index contributed by atoms with van der Waals surface area (Å²) in [7, 11) is 0. The molecule has 0 atom stereocenters. The molecule has 3 N–H and O–H groups in total. The molecule has 0 unspecified atom stereocenters. The van der Waals surface area contributed by atoms with Gasteiger partial charge >= 0.3 is 0 Å². The van der Waals surface area contributed by atoms with E-state index in [1.807, 2.05) is 12.1 Å². The second-order valence-electron chi connectivity index (χ2n) is 8.42. The minimum absolute atomic E-state index is 0.157. The van der Waals surface area contributed by atoms with Crippen LogP contribution in [0.15, 0.2) is 39.9 Å². The summed E-state index contributed by atoms with van der Waals surface area (Å²) in [5, 5.41) is 16.3. The fraction of sp³-hybridized carbons (Fsp3) is 0.583. The van der Waals surface area contributed by atoms with Crippen molar-refractivity contribution in [2.75, 3.05) is 26.2 Å². The number of aliphatic imine (C=N–C) groups is 1. The van der Waals surface area contributed by atoms with E-state index in [4.69, 9.17) is 9.41 Å². The van der Waals surface area contributed by atoms with E-state index < -0.39 is 0 Å². The molecule has 3 rings (SSSR count). The Morgan fingerprint density at radius 3 is 2.63 bits per heavy atom. The van der Waals surface area contributed by atoms with Crippen LogP contribution in [0.4, 0.5) is 0 Å². The Balaban J connectivity index is 1.54. The molecule has 30 heavy (non-hydrogen) atoms. The number of nitrogens with one attached hydrogen (secondary N) is 2. The number of hydrogen-bond acceptors (Lipinski definition) is 4. The van der Waals surface area contributed by atoms with Gasteiger partial charge in [-0.3, -0.25) is 4.99 Å². The maximum absolute atomic E-state index is 9.52. The van der Waals surface area contributed by atoms with Gasteiger partial charge in [-0.1, -0.05) is 37.0 Å². The normalized spacial score (nSPS) is 16.4. The quantitative estimate of drug-likeness (QED) is 0.427. The molecule has 164 valence electrons. The zero-order valence-electron chi connectivity index (χ0n) is 18.4. The average molecular weight is 413 g/mol. The predicted molar refractivity (Wildman–Crippen MR) is 122 cm³/mol. The van der Waals surface area contributed by atoms with Gasteiger partial charge in [0, 0.05) is 38.2 Å². The van der Waals surface area contributed by atoms with Crippen LogP contribution in [0.25, 0.3) is 11.5 Å². The van der Waals surface area contributed by atoms with Crippen molar-refractivity contribution < 1.29 is 9.52 Å². The summed E-state index contributed by atoms with van der Waals surface area (Å²) >= 11 is 0. The lowest BCUT2D eigenvalue weighted by Gasteiger charge is -2.35. The largest absolute Gasteiger partial charge is 0.444 e. The van der Waals surface area contributed by atoms with E-state index in [-0.39, 0.29) is 12.0 Å². The molecule has 1 aliphatic carbocycles. The second-order valence-corrected chi connectivity index (χ2v) is 8.42. The molecule has 0 aliphatic heterocycles. The van der Waals surface area contributed by atoms with Crippen molar-refractivity contribution in [2.24, 2.45) is 10.4 Å². The van der Waals surface area contributed by atoms with Gasteiger partial charge in [0.25, 0.3) is 0 Å². The van der Waals surface area contributed by atoms with Gasteiger partial charge in [-0.25, -0.2) is 4.98 Å². The Kier molecular flexibility index (Phi) is 8.31. The third-order valence-corrected chi connectivity index (χ3v) is 6.00. The molecule has 1 aromatic carbocycles. The van der Waals surface area contributed by atoms with Crippen molar-refractivity contribution >= 4 is 5.96 Å². The van der Waals surface area contributed by atoms with Crippen LogP contribution in [-0.2, 0) is 6.42 Å². The van der Waals surface area contributed by atoms with Crippen molar-refractivity contribution in [1.82, 2.24) is 15.6 Å². The lowest BCUT2D eigenvalue weighted by atomic mass is 9.72. The van der Waals surface area contributed by atoms with Gasteiger partial charge in [0.05, 0.1) is 5.69 Å². The van der Waals surface area contributed by atoms with Gasteiger partial charge in [-0.2, -0.15) is 0 Å². The van der Waals surface area contributed by atoms with Crippen LogP contribution < -0.4 is 10.6 Å². The highest BCUT2D eigenvalue weighted by atomic mass is 16.3. The molecule has 1 fully saturated rings. The zero-order valence-corrected chi connectivity index (χ0v) is 18.4. The summed E-state index contributed by atoms with van der Waals surface area (Å²) in [5.41, 5.74) is 3.30. The van der Waals surface area contributed by atoms with Crippen LogP contribution in [0.3, 0.4) is 0 Å². The highest BCUT2D eigenvalue weighted by Gasteiger charge is 2.31. The molecule has 1 heterocycles. The van der Waals surface area contributed by atoms with E-state index >= 15 is 0 Å². The Bertz CT molecular complexity index is 786. The van der Waals surface area contributed by atoms with Crippen LogP contribution in [0.5, 0.6) is 0 Å². The summed E-state index contributed by atoms with van der Waals surface area (Å²) in [4.78, 5) is 9.47. The second kappa shape index (κ2) is 11.2. The summed E-state index contributed by atoms with van der Waals surface area (Å²) in [6.07, 6.45) is 9.47. The van der Waals surface area contributed by atoms with Crippen molar-refractivity contribution in [2.45, 2.75) is 58.8 Å². The number of hydrogen-bond donors (Lipinski definition) is 3. The number of oxazole rings is 1. The molecule has 1 aliphatic rings. The minimum Gasteiger partial charge on any atom is -0.444 e.